The second kappa shape index (κ2) is 5.26. The second-order valence-corrected chi connectivity index (χ2v) is 4.94. The Kier molecular flexibility index (Phi) is 3.43. The lowest BCUT2D eigenvalue weighted by Crippen LogP contribution is -2.11. The highest BCUT2D eigenvalue weighted by Crippen LogP contribution is 2.23. The fourth-order valence-electron chi connectivity index (χ4n) is 2.47. The number of benzene rings is 2. The van der Waals surface area contributed by atoms with Crippen LogP contribution >= 0.6 is 0 Å². The van der Waals surface area contributed by atoms with Crippen molar-refractivity contribution in [1.29, 1.82) is 0 Å². The molecule has 1 N–H and O–H groups in total. The number of nitrogens with zero attached hydrogens (tertiary/aromatic N) is 2. The number of hydrogen-bond acceptors (Lipinski definition) is 2. The number of aromatic nitrogens is 2. The standard InChI is InChI=1S/C16H14F2N2O/c1-10-19-14-4-2-3-5-15(14)20(10)9-16(21)12-7-6-11(17)8-13(12)18/h2-8,16,21H,9H2,1H3. The molecule has 108 valence electrons. The fraction of sp³-hybridized carbons (Fsp3) is 0.188. The molecule has 0 saturated carbocycles. The molecule has 0 fully saturated rings. The summed E-state index contributed by atoms with van der Waals surface area (Å²) < 4.78 is 28.5. The number of hydrogen-bond donors (Lipinski definition) is 1. The van der Waals surface area contributed by atoms with Crippen LogP contribution in [0.25, 0.3) is 11.0 Å². The maximum absolute atomic E-state index is 13.7. The number of aryl methyl sites for hydroxylation is 1. The molecule has 0 aliphatic rings. The molecule has 0 aliphatic carbocycles. The van der Waals surface area contributed by atoms with E-state index >= 15 is 0 Å². The van der Waals surface area contributed by atoms with Crippen LogP contribution in [-0.4, -0.2) is 14.7 Å². The number of imidazole rings is 1. The fourth-order valence-corrected chi connectivity index (χ4v) is 2.47. The number of para-hydroxylation sites is 2. The maximum Gasteiger partial charge on any atom is 0.131 e. The van der Waals surface area contributed by atoms with Crippen LogP contribution in [-0.2, 0) is 6.54 Å². The topological polar surface area (TPSA) is 38.0 Å². The Morgan fingerprint density at radius 2 is 1.95 bits per heavy atom. The summed E-state index contributed by atoms with van der Waals surface area (Å²) in [6.45, 7) is 1.99. The molecule has 1 aromatic heterocycles. The molecular weight excluding hydrogens is 274 g/mol. The van der Waals surface area contributed by atoms with E-state index in [1.165, 1.54) is 6.07 Å². The van der Waals surface area contributed by atoms with E-state index in [9.17, 15) is 13.9 Å². The highest BCUT2D eigenvalue weighted by Gasteiger charge is 2.16. The molecule has 3 aromatic rings. The minimum absolute atomic E-state index is 0.0774. The number of halogens is 2. The van der Waals surface area contributed by atoms with Gasteiger partial charge in [0.25, 0.3) is 0 Å². The third-order valence-electron chi connectivity index (χ3n) is 3.52. The molecule has 1 heterocycles. The molecule has 1 atom stereocenters. The zero-order chi connectivity index (χ0) is 15.0. The van der Waals surface area contributed by atoms with Crippen molar-refractivity contribution in [1.82, 2.24) is 9.55 Å². The largest absolute Gasteiger partial charge is 0.386 e. The van der Waals surface area contributed by atoms with Gasteiger partial charge in [-0.1, -0.05) is 18.2 Å². The summed E-state index contributed by atoms with van der Waals surface area (Å²) in [5, 5.41) is 10.2. The first-order valence-corrected chi connectivity index (χ1v) is 6.61. The minimum Gasteiger partial charge on any atom is -0.386 e. The normalized spacial score (nSPS) is 12.8. The van der Waals surface area contributed by atoms with Crippen molar-refractivity contribution in [3.8, 4) is 0 Å². The Morgan fingerprint density at radius 3 is 2.71 bits per heavy atom. The van der Waals surface area contributed by atoms with Crippen LogP contribution < -0.4 is 0 Å². The lowest BCUT2D eigenvalue weighted by Gasteiger charge is -2.14. The summed E-state index contributed by atoms with van der Waals surface area (Å²) in [5.74, 6) is -0.671. The smallest absolute Gasteiger partial charge is 0.131 e. The van der Waals surface area contributed by atoms with E-state index in [4.69, 9.17) is 0 Å². The van der Waals surface area contributed by atoms with Crippen LogP contribution in [0.4, 0.5) is 8.78 Å². The molecule has 0 aliphatic heterocycles. The Balaban J connectivity index is 1.96. The molecule has 0 amide bonds. The summed E-state index contributed by atoms with van der Waals surface area (Å²) >= 11 is 0. The van der Waals surface area contributed by atoms with Gasteiger partial charge in [0, 0.05) is 11.6 Å². The number of rotatable bonds is 3. The van der Waals surface area contributed by atoms with Gasteiger partial charge in [-0.3, -0.25) is 0 Å². The van der Waals surface area contributed by atoms with E-state index < -0.39 is 17.7 Å². The van der Waals surface area contributed by atoms with Crippen molar-refractivity contribution in [3.63, 3.8) is 0 Å². The first kappa shape index (κ1) is 13.7. The number of aliphatic hydroxyl groups excluding tert-OH is 1. The van der Waals surface area contributed by atoms with Gasteiger partial charge in [-0.15, -0.1) is 0 Å². The van der Waals surface area contributed by atoms with E-state index in [0.29, 0.717) is 0 Å². The Bertz CT molecular complexity index is 798. The lowest BCUT2D eigenvalue weighted by atomic mass is 10.1. The van der Waals surface area contributed by atoms with Crippen molar-refractivity contribution in [3.05, 3.63) is 65.5 Å². The Labute approximate surface area is 120 Å². The van der Waals surface area contributed by atoms with Gasteiger partial charge < -0.3 is 9.67 Å². The van der Waals surface area contributed by atoms with E-state index in [1.54, 1.807) is 0 Å². The molecule has 1 unspecified atom stereocenters. The average Bonchev–Trinajstić information content (AvgIpc) is 2.75. The zero-order valence-electron chi connectivity index (χ0n) is 11.4. The highest BCUT2D eigenvalue weighted by molar-refractivity contribution is 5.75. The van der Waals surface area contributed by atoms with Crippen molar-refractivity contribution < 1.29 is 13.9 Å². The monoisotopic (exact) mass is 288 g/mol. The van der Waals surface area contributed by atoms with Crippen LogP contribution in [0.5, 0.6) is 0 Å². The Morgan fingerprint density at radius 1 is 1.19 bits per heavy atom. The van der Waals surface area contributed by atoms with E-state index in [2.05, 4.69) is 4.98 Å². The zero-order valence-corrected chi connectivity index (χ0v) is 11.4. The molecule has 0 bridgehead atoms. The van der Waals surface area contributed by atoms with Gasteiger partial charge in [-0.2, -0.15) is 0 Å². The maximum atomic E-state index is 13.7. The molecule has 21 heavy (non-hydrogen) atoms. The quantitative estimate of drug-likeness (QED) is 0.802. The summed E-state index contributed by atoms with van der Waals surface area (Å²) in [5.41, 5.74) is 1.77. The van der Waals surface area contributed by atoms with Gasteiger partial charge in [-0.05, 0) is 25.1 Å². The first-order valence-electron chi connectivity index (χ1n) is 6.61. The summed E-state index contributed by atoms with van der Waals surface area (Å²) in [4.78, 5) is 4.39. The summed E-state index contributed by atoms with van der Waals surface area (Å²) in [6, 6.07) is 10.7. The summed E-state index contributed by atoms with van der Waals surface area (Å²) in [6.07, 6.45) is -1.07. The Hall–Kier alpha value is -2.27. The van der Waals surface area contributed by atoms with Gasteiger partial charge in [0.1, 0.15) is 17.5 Å². The van der Waals surface area contributed by atoms with Crippen LogP contribution in [0, 0.1) is 18.6 Å². The SMILES string of the molecule is Cc1nc2ccccc2n1CC(O)c1ccc(F)cc1F. The third-order valence-corrected chi connectivity index (χ3v) is 3.52. The molecule has 0 radical (unpaired) electrons. The van der Waals surface area contributed by atoms with Crippen molar-refractivity contribution in [2.75, 3.05) is 0 Å². The number of fused-ring (bicyclic) bond motifs is 1. The van der Waals surface area contributed by atoms with E-state index in [0.717, 1.165) is 29.0 Å². The van der Waals surface area contributed by atoms with Gasteiger partial charge in [0.15, 0.2) is 0 Å². The molecular formula is C16H14F2N2O. The van der Waals surface area contributed by atoms with E-state index in [-0.39, 0.29) is 12.1 Å². The second-order valence-electron chi connectivity index (χ2n) is 4.94. The third kappa shape index (κ3) is 2.52. The van der Waals surface area contributed by atoms with Crippen LogP contribution in [0.3, 0.4) is 0 Å². The van der Waals surface area contributed by atoms with E-state index in [1.807, 2.05) is 35.8 Å². The molecule has 2 aromatic carbocycles. The molecule has 3 rings (SSSR count). The van der Waals surface area contributed by atoms with Crippen LogP contribution in [0.2, 0.25) is 0 Å². The van der Waals surface area contributed by atoms with Gasteiger partial charge in [0.05, 0.1) is 23.7 Å². The molecule has 0 saturated heterocycles. The molecule has 0 spiro atoms. The molecule has 5 heteroatoms. The predicted octanol–water partition coefficient (Wildman–Crippen LogP) is 3.36. The van der Waals surface area contributed by atoms with Gasteiger partial charge >= 0.3 is 0 Å². The number of aliphatic hydroxyl groups is 1. The van der Waals surface area contributed by atoms with Crippen molar-refractivity contribution in [2.45, 2.75) is 19.6 Å². The van der Waals surface area contributed by atoms with Crippen molar-refractivity contribution >= 4 is 11.0 Å². The predicted molar refractivity (Wildman–Crippen MR) is 75.8 cm³/mol. The highest BCUT2D eigenvalue weighted by atomic mass is 19.1. The first-order chi connectivity index (χ1) is 10.1. The average molecular weight is 288 g/mol. The van der Waals surface area contributed by atoms with Crippen molar-refractivity contribution in [2.24, 2.45) is 0 Å². The summed E-state index contributed by atoms with van der Waals surface area (Å²) in [7, 11) is 0. The molecule has 3 nitrogen and oxygen atoms in total. The van der Waals surface area contributed by atoms with Gasteiger partial charge in [0.2, 0.25) is 0 Å². The minimum atomic E-state index is -1.07. The van der Waals surface area contributed by atoms with Crippen LogP contribution in [0.1, 0.15) is 17.5 Å². The van der Waals surface area contributed by atoms with Gasteiger partial charge in [-0.25, -0.2) is 13.8 Å². The van der Waals surface area contributed by atoms with Crippen LogP contribution in [0.15, 0.2) is 42.5 Å². The lowest BCUT2D eigenvalue weighted by molar-refractivity contribution is 0.152.